The highest BCUT2D eigenvalue weighted by Crippen LogP contribution is 2.18. The van der Waals surface area contributed by atoms with Crippen molar-refractivity contribution in [1.82, 2.24) is 4.90 Å². The summed E-state index contributed by atoms with van der Waals surface area (Å²) in [7, 11) is 0. The van der Waals surface area contributed by atoms with Gasteiger partial charge in [0.25, 0.3) is 0 Å². The van der Waals surface area contributed by atoms with Crippen LogP contribution in [0.4, 0.5) is 10.1 Å². The molecule has 3 rings (SSSR count). The summed E-state index contributed by atoms with van der Waals surface area (Å²) >= 11 is 0. The van der Waals surface area contributed by atoms with Gasteiger partial charge in [0.2, 0.25) is 0 Å². The van der Waals surface area contributed by atoms with Crippen molar-refractivity contribution in [3.63, 3.8) is 0 Å². The summed E-state index contributed by atoms with van der Waals surface area (Å²) in [5.74, 6) is -0.184. The van der Waals surface area contributed by atoms with Crippen molar-refractivity contribution >= 4 is 5.69 Å². The zero-order valence-electron chi connectivity index (χ0n) is 11.5. The second kappa shape index (κ2) is 6.06. The molecule has 0 aliphatic carbocycles. The molecule has 2 aromatic rings. The molecule has 0 fully saturated rings. The molecule has 1 aliphatic heterocycles. The predicted octanol–water partition coefficient (Wildman–Crippen LogP) is 3.30. The molecule has 0 bridgehead atoms. The van der Waals surface area contributed by atoms with Gasteiger partial charge in [-0.05, 0) is 29.7 Å². The number of anilines is 1. The summed E-state index contributed by atoms with van der Waals surface area (Å²) in [4.78, 5) is 2.41. The predicted molar refractivity (Wildman–Crippen MR) is 80.3 cm³/mol. The Labute approximate surface area is 119 Å². The Hall–Kier alpha value is -1.87. The minimum absolute atomic E-state index is 0.184. The Morgan fingerprint density at radius 3 is 2.60 bits per heavy atom. The Balaban J connectivity index is 1.52. The molecule has 20 heavy (non-hydrogen) atoms. The SMILES string of the molecule is Fc1ccccc1NCCN1CCc2ccccc2C1. The van der Waals surface area contributed by atoms with E-state index in [1.807, 2.05) is 6.07 Å². The van der Waals surface area contributed by atoms with Crippen molar-refractivity contribution in [2.24, 2.45) is 0 Å². The van der Waals surface area contributed by atoms with Crippen LogP contribution in [0.2, 0.25) is 0 Å². The maximum atomic E-state index is 13.5. The number of nitrogens with one attached hydrogen (secondary N) is 1. The molecule has 1 heterocycles. The first-order valence-electron chi connectivity index (χ1n) is 7.10. The number of halogens is 1. The number of rotatable bonds is 4. The molecular formula is C17H19FN2. The number of nitrogens with zero attached hydrogens (tertiary/aromatic N) is 1. The third-order valence-corrected chi connectivity index (χ3v) is 3.83. The fraction of sp³-hybridized carbons (Fsp3) is 0.294. The van der Waals surface area contributed by atoms with Gasteiger partial charge in [0, 0.05) is 26.2 Å². The highest BCUT2D eigenvalue weighted by atomic mass is 19.1. The summed E-state index contributed by atoms with van der Waals surface area (Å²) in [6.07, 6.45) is 1.11. The Kier molecular flexibility index (Phi) is 3.97. The maximum Gasteiger partial charge on any atom is 0.146 e. The zero-order chi connectivity index (χ0) is 13.8. The van der Waals surface area contributed by atoms with Crippen molar-refractivity contribution in [3.05, 3.63) is 65.5 Å². The molecule has 0 spiro atoms. The third-order valence-electron chi connectivity index (χ3n) is 3.83. The fourth-order valence-corrected chi connectivity index (χ4v) is 2.70. The van der Waals surface area contributed by atoms with Crippen molar-refractivity contribution in [3.8, 4) is 0 Å². The van der Waals surface area contributed by atoms with Crippen LogP contribution in [0.1, 0.15) is 11.1 Å². The average Bonchev–Trinajstić information content (AvgIpc) is 2.49. The number of benzene rings is 2. The largest absolute Gasteiger partial charge is 0.381 e. The topological polar surface area (TPSA) is 15.3 Å². The van der Waals surface area contributed by atoms with Crippen LogP contribution < -0.4 is 5.32 Å². The molecule has 1 N–H and O–H groups in total. The van der Waals surface area contributed by atoms with Crippen molar-refractivity contribution in [2.75, 3.05) is 25.0 Å². The van der Waals surface area contributed by atoms with E-state index >= 15 is 0 Å². The number of hydrogen-bond donors (Lipinski definition) is 1. The van der Waals surface area contributed by atoms with E-state index in [-0.39, 0.29) is 5.82 Å². The van der Waals surface area contributed by atoms with Gasteiger partial charge in [-0.3, -0.25) is 4.90 Å². The van der Waals surface area contributed by atoms with E-state index < -0.39 is 0 Å². The average molecular weight is 270 g/mol. The van der Waals surface area contributed by atoms with E-state index in [1.54, 1.807) is 12.1 Å². The van der Waals surface area contributed by atoms with Crippen LogP contribution in [-0.2, 0) is 13.0 Å². The molecule has 0 radical (unpaired) electrons. The zero-order valence-corrected chi connectivity index (χ0v) is 11.5. The lowest BCUT2D eigenvalue weighted by Gasteiger charge is -2.28. The Bertz CT molecular complexity index is 583. The van der Waals surface area contributed by atoms with Crippen molar-refractivity contribution in [1.29, 1.82) is 0 Å². The van der Waals surface area contributed by atoms with Crippen LogP contribution in [0.25, 0.3) is 0 Å². The summed E-state index contributed by atoms with van der Waals surface area (Å²) in [6.45, 7) is 3.77. The number of fused-ring (bicyclic) bond motifs is 1. The van der Waals surface area contributed by atoms with E-state index in [0.29, 0.717) is 5.69 Å². The van der Waals surface area contributed by atoms with Crippen LogP contribution in [-0.4, -0.2) is 24.5 Å². The van der Waals surface area contributed by atoms with E-state index in [4.69, 9.17) is 0 Å². The highest BCUT2D eigenvalue weighted by Gasteiger charge is 2.14. The molecule has 0 atom stereocenters. The van der Waals surface area contributed by atoms with Crippen LogP contribution in [0.3, 0.4) is 0 Å². The molecule has 0 saturated carbocycles. The van der Waals surface area contributed by atoms with Gasteiger partial charge in [-0.25, -0.2) is 4.39 Å². The lowest BCUT2D eigenvalue weighted by molar-refractivity contribution is 0.264. The normalized spacial score (nSPS) is 14.8. The van der Waals surface area contributed by atoms with E-state index in [2.05, 4.69) is 34.5 Å². The second-order valence-electron chi connectivity index (χ2n) is 5.20. The van der Waals surface area contributed by atoms with Crippen LogP contribution >= 0.6 is 0 Å². The monoisotopic (exact) mass is 270 g/mol. The summed E-state index contributed by atoms with van der Waals surface area (Å²) in [5, 5.41) is 3.17. The molecule has 1 aliphatic rings. The lowest BCUT2D eigenvalue weighted by atomic mass is 10.00. The smallest absolute Gasteiger partial charge is 0.146 e. The molecule has 104 valence electrons. The number of hydrogen-bond acceptors (Lipinski definition) is 2. The molecule has 2 nitrogen and oxygen atoms in total. The molecule has 2 aromatic carbocycles. The van der Waals surface area contributed by atoms with Gasteiger partial charge >= 0.3 is 0 Å². The minimum atomic E-state index is -0.184. The van der Waals surface area contributed by atoms with Gasteiger partial charge in [-0.1, -0.05) is 36.4 Å². The van der Waals surface area contributed by atoms with E-state index in [0.717, 1.165) is 32.6 Å². The quantitative estimate of drug-likeness (QED) is 0.917. The van der Waals surface area contributed by atoms with Gasteiger partial charge in [0.1, 0.15) is 5.82 Å². The molecule has 0 amide bonds. The van der Waals surface area contributed by atoms with Gasteiger partial charge < -0.3 is 5.32 Å². The van der Waals surface area contributed by atoms with Crippen LogP contribution in [0.5, 0.6) is 0 Å². The summed E-state index contributed by atoms with van der Waals surface area (Å²) in [6, 6.07) is 15.4. The van der Waals surface area contributed by atoms with Crippen molar-refractivity contribution < 1.29 is 4.39 Å². The van der Waals surface area contributed by atoms with Crippen LogP contribution in [0.15, 0.2) is 48.5 Å². The fourth-order valence-electron chi connectivity index (χ4n) is 2.70. The molecule has 3 heteroatoms. The summed E-state index contributed by atoms with van der Waals surface area (Å²) < 4.78 is 13.5. The van der Waals surface area contributed by atoms with Gasteiger partial charge in [0.05, 0.1) is 5.69 Å². The van der Waals surface area contributed by atoms with Gasteiger partial charge in [-0.15, -0.1) is 0 Å². The maximum absolute atomic E-state index is 13.5. The minimum Gasteiger partial charge on any atom is -0.381 e. The standard InChI is InChI=1S/C17H19FN2/c18-16-7-3-4-8-17(16)19-10-12-20-11-9-14-5-1-2-6-15(14)13-20/h1-8,19H,9-13H2. The van der Waals surface area contributed by atoms with Crippen LogP contribution in [0, 0.1) is 5.82 Å². The molecule has 0 aromatic heterocycles. The van der Waals surface area contributed by atoms with E-state index in [1.165, 1.54) is 17.2 Å². The van der Waals surface area contributed by atoms with Gasteiger partial charge in [-0.2, -0.15) is 0 Å². The molecular weight excluding hydrogens is 251 g/mol. The molecule has 0 saturated heterocycles. The first kappa shape index (κ1) is 13.1. The first-order valence-corrected chi connectivity index (χ1v) is 7.10. The number of para-hydroxylation sites is 1. The highest BCUT2D eigenvalue weighted by molar-refractivity contribution is 5.44. The second-order valence-corrected chi connectivity index (χ2v) is 5.20. The Morgan fingerprint density at radius 1 is 1.00 bits per heavy atom. The summed E-state index contributed by atoms with van der Waals surface area (Å²) in [5.41, 5.74) is 3.47. The molecule has 0 unspecified atom stereocenters. The van der Waals surface area contributed by atoms with Gasteiger partial charge in [0.15, 0.2) is 0 Å². The Morgan fingerprint density at radius 2 is 1.75 bits per heavy atom. The van der Waals surface area contributed by atoms with E-state index in [9.17, 15) is 4.39 Å². The third kappa shape index (κ3) is 2.99. The lowest BCUT2D eigenvalue weighted by Crippen LogP contribution is -2.34. The first-order chi connectivity index (χ1) is 9.83. The van der Waals surface area contributed by atoms with Crippen molar-refractivity contribution in [2.45, 2.75) is 13.0 Å².